The third-order valence-electron chi connectivity index (χ3n) is 3.16. The van der Waals surface area contributed by atoms with Crippen LogP contribution in [0.25, 0.3) is 0 Å². The van der Waals surface area contributed by atoms with Crippen LogP contribution in [-0.2, 0) is 22.8 Å². The largest absolute Gasteiger partial charge is 0.803 e. The van der Waals surface area contributed by atoms with E-state index < -0.39 is 8.97 Å². The van der Waals surface area contributed by atoms with Crippen molar-refractivity contribution in [3.8, 4) is 0 Å². The molecule has 0 amide bonds. The molecule has 0 aliphatic heterocycles. The van der Waals surface area contributed by atoms with Gasteiger partial charge >= 0.3 is 14.9 Å². The first-order chi connectivity index (χ1) is 8.31. The van der Waals surface area contributed by atoms with E-state index in [-0.39, 0.29) is 10.2 Å². The highest BCUT2D eigenvalue weighted by Gasteiger charge is 2.63. The van der Waals surface area contributed by atoms with Crippen molar-refractivity contribution in [3.05, 3.63) is 0 Å². The Hall–Kier alpha value is -0.513. The number of ether oxygens (including phenoxy) is 1. The predicted molar refractivity (Wildman–Crippen MR) is 68.2 cm³/mol. The van der Waals surface area contributed by atoms with E-state index in [4.69, 9.17) is 13.3 Å². The summed E-state index contributed by atoms with van der Waals surface area (Å²) in [6, 6.07) is 0. The molecule has 8 heteroatoms. The zero-order valence-corrected chi connectivity index (χ0v) is 13.3. The summed E-state index contributed by atoms with van der Waals surface area (Å²) in [5.41, 5.74) is 0. The van der Waals surface area contributed by atoms with Crippen LogP contribution in [0, 0.1) is 0 Å². The van der Waals surface area contributed by atoms with Crippen LogP contribution in [-0.4, -0.2) is 80.3 Å². The first-order valence-electron chi connectivity index (χ1n) is 5.59. The number of quaternary nitrogens is 1. The summed E-state index contributed by atoms with van der Waals surface area (Å²) in [7, 11) is 8.90. The van der Waals surface area contributed by atoms with Crippen molar-refractivity contribution in [1.29, 1.82) is 0 Å². The Morgan fingerprint density at radius 3 is 1.89 bits per heavy atom. The highest BCUT2D eigenvalue weighted by molar-refractivity contribution is 6.52. The van der Waals surface area contributed by atoms with Crippen LogP contribution in [0.2, 0.25) is 0 Å². The molecule has 0 bridgehead atoms. The fourth-order valence-electron chi connectivity index (χ4n) is 1.73. The van der Waals surface area contributed by atoms with E-state index in [2.05, 4.69) is 4.74 Å². The molecule has 0 aromatic rings. The second-order valence-corrected chi connectivity index (χ2v) is 7.60. The number of nitrogens with zero attached hydrogens (tertiary/aromatic N) is 2. The van der Waals surface area contributed by atoms with Crippen molar-refractivity contribution in [1.82, 2.24) is 5.01 Å². The molecule has 0 spiro atoms. The minimum Gasteiger partial charge on any atom is -0.469 e. The van der Waals surface area contributed by atoms with Crippen LogP contribution in [0.15, 0.2) is 0 Å². The maximum atomic E-state index is 11.2. The quantitative estimate of drug-likeness (QED) is 0.350. The smallest absolute Gasteiger partial charge is 0.469 e. The Morgan fingerprint density at radius 1 is 1.11 bits per heavy atom. The molecular weight excluding hydrogens is 256 g/mol. The van der Waals surface area contributed by atoms with Crippen LogP contribution in [0.3, 0.4) is 0 Å². The molecule has 18 heavy (non-hydrogen) atoms. The van der Waals surface area contributed by atoms with Gasteiger partial charge in [-0.25, -0.2) is 4.26 Å². The zero-order chi connectivity index (χ0) is 14.4. The van der Waals surface area contributed by atoms with E-state index in [1.54, 1.807) is 21.3 Å². The summed E-state index contributed by atoms with van der Waals surface area (Å²) in [6.07, 6.45) is 0.302. The van der Waals surface area contributed by atoms with Gasteiger partial charge < -0.3 is 18.0 Å². The Labute approximate surface area is 110 Å². The van der Waals surface area contributed by atoms with E-state index in [1.165, 1.54) is 7.11 Å². The topological polar surface area (TPSA) is 57.2 Å². The van der Waals surface area contributed by atoms with Crippen LogP contribution in [0.5, 0.6) is 0 Å². The molecule has 0 aromatic heterocycles. The fraction of sp³-hybridized carbons (Fsp3) is 0.900. The number of carbonyl (C=O) groups is 1. The second-order valence-electron chi connectivity index (χ2n) is 4.24. The van der Waals surface area contributed by atoms with E-state index in [0.29, 0.717) is 13.0 Å². The molecule has 7 nitrogen and oxygen atoms in total. The first-order valence-corrected chi connectivity index (χ1v) is 7.26. The Kier molecular flexibility index (Phi) is 6.96. The van der Waals surface area contributed by atoms with E-state index >= 15 is 0 Å². The van der Waals surface area contributed by atoms with Crippen LogP contribution in [0.1, 0.15) is 6.42 Å². The van der Waals surface area contributed by atoms with Gasteiger partial charge in [0.2, 0.25) is 0 Å². The van der Waals surface area contributed by atoms with Gasteiger partial charge in [-0.1, -0.05) is 0 Å². The third-order valence-corrected chi connectivity index (χ3v) is 6.39. The van der Waals surface area contributed by atoms with Crippen LogP contribution < -0.4 is 0 Å². The molecule has 108 valence electrons. The number of methoxy groups -OCH3 is 1. The van der Waals surface area contributed by atoms with Gasteiger partial charge in [-0.05, 0) is 0 Å². The minimum atomic E-state index is -2.88. The zero-order valence-electron chi connectivity index (χ0n) is 12.3. The van der Waals surface area contributed by atoms with Gasteiger partial charge in [0.1, 0.15) is 0 Å². The molecule has 0 atom stereocenters. The minimum absolute atomic E-state index is 0.249. The monoisotopic (exact) mass is 281 g/mol. The summed E-state index contributed by atoms with van der Waals surface area (Å²) in [4.78, 5) is 11.2. The van der Waals surface area contributed by atoms with Crippen molar-refractivity contribution in [2.75, 3.05) is 56.1 Å². The normalized spacial score (nSPS) is 12.9. The SMILES string of the molecule is COC(=O)CCN(C)[N+](C)(C)[Si](OC)(OC)OC. The highest BCUT2D eigenvalue weighted by atomic mass is 28.4. The first kappa shape index (κ1) is 17.5. The van der Waals surface area contributed by atoms with Gasteiger partial charge in [0.15, 0.2) is 0 Å². The number of hydrogen-bond acceptors (Lipinski definition) is 6. The lowest BCUT2D eigenvalue weighted by Crippen LogP contribution is -2.74. The molecule has 0 heterocycles. The Balaban J connectivity index is 4.82. The van der Waals surface area contributed by atoms with E-state index in [1.807, 2.05) is 26.2 Å². The van der Waals surface area contributed by atoms with Crippen molar-refractivity contribution in [2.24, 2.45) is 0 Å². The van der Waals surface area contributed by atoms with Gasteiger partial charge in [-0.2, -0.15) is 5.01 Å². The summed E-state index contributed by atoms with van der Waals surface area (Å²) in [5.74, 6) is -0.249. The molecule has 0 aliphatic rings. The molecular formula is C10H25N2O5Si+. The lowest BCUT2D eigenvalue weighted by molar-refractivity contribution is -0.935. The summed E-state index contributed by atoms with van der Waals surface area (Å²) in [5, 5.41) is 1.93. The average Bonchev–Trinajstić information content (AvgIpc) is 2.37. The molecule has 0 unspecified atom stereocenters. The summed E-state index contributed by atoms with van der Waals surface area (Å²) >= 11 is 0. The van der Waals surface area contributed by atoms with Crippen molar-refractivity contribution in [2.45, 2.75) is 6.42 Å². The van der Waals surface area contributed by atoms with Gasteiger partial charge in [0, 0.05) is 28.4 Å². The van der Waals surface area contributed by atoms with E-state index in [0.717, 1.165) is 0 Å². The maximum absolute atomic E-state index is 11.2. The summed E-state index contributed by atoms with van der Waals surface area (Å²) < 4.78 is 21.3. The van der Waals surface area contributed by atoms with E-state index in [9.17, 15) is 4.79 Å². The second kappa shape index (κ2) is 7.17. The van der Waals surface area contributed by atoms with Crippen molar-refractivity contribution in [3.63, 3.8) is 0 Å². The third kappa shape index (κ3) is 3.50. The highest BCUT2D eigenvalue weighted by Crippen LogP contribution is 2.21. The van der Waals surface area contributed by atoms with Gasteiger partial charge in [-0.3, -0.25) is 4.79 Å². The molecule has 0 fully saturated rings. The predicted octanol–water partition coefficient (Wildman–Crippen LogP) is -0.152. The molecule has 0 rings (SSSR count). The number of esters is 1. The van der Waals surface area contributed by atoms with Crippen molar-refractivity contribution >= 4 is 14.9 Å². The number of carbonyl (C=O) groups excluding carboxylic acids is 1. The fourth-order valence-corrected chi connectivity index (χ4v) is 4.09. The van der Waals surface area contributed by atoms with Crippen LogP contribution in [0.4, 0.5) is 0 Å². The molecule has 0 aliphatic carbocycles. The summed E-state index contributed by atoms with van der Waals surface area (Å²) in [6.45, 7) is 0.518. The van der Waals surface area contributed by atoms with Gasteiger partial charge in [0.25, 0.3) is 0 Å². The molecule has 0 saturated heterocycles. The Bertz CT molecular complexity index is 263. The van der Waals surface area contributed by atoms with Crippen molar-refractivity contribution < 1.29 is 27.1 Å². The van der Waals surface area contributed by atoms with Gasteiger partial charge in [-0.15, -0.1) is 0 Å². The standard InChI is InChI=1S/C10H25N2O5Si/c1-11(9-8-10(13)14-4)12(2,3)18(15-5,16-6)17-7/h8-9H2,1-7H3/q+1. The van der Waals surface area contributed by atoms with Crippen LogP contribution >= 0.6 is 0 Å². The maximum Gasteiger partial charge on any atom is 0.803 e. The number of rotatable bonds is 8. The molecule has 0 radical (unpaired) electrons. The number of hydrogen-bond donors (Lipinski definition) is 0. The lowest BCUT2D eigenvalue weighted by atomic mass is 10.4. The van der Waals surface area contributed by atoms with Gasteiger partial charge in [0.05, 0.1) is 34.2 Å². The Morgan fingerprint density at radius 2 is 1.56 bits per heavy atom. The molecule has 0 N–H and O–H groups in total. The lowest BCUT2D eigenvalue weighted by Gasteiger charge is -2.44. The average molecular weight is 281 g/mol. The molecule has 0 aromatic carbocycles. The molecule has 0 saturated carbocycles.